The molecule has 0 saturated carbocycles. The van der Waals surface area contributed by atoms with Crippen molar-refractivity contribution in [2.24, 2.45) is 5.73 Å². The summed E-state index contributed by atoms with van der Waals surface area (Å²) < 4.78 is 11.2. The highest BCUT2D eigenvalue weighted by molar-refractivity contribution is 9.10. The summed E-state index contributed by atoms with van der Waals surface area (Å²) in [5.41, 5.74) is 6.97. The Morgan fingerprint density at radius 3 is 2.67 bits per heavy atom. The molecule has 0 aliphatic heterocycles. The summed E-state index contributed by atoms with van der Waals surface area (Å²) in [4.78, 5) is 27.0. The number of hydrogen-bond donors (Lipinski definition) is 2. The first-order chi connectivity index (χ1) is 13.0. The highest BCUT2D eigenvalue weighted by Gasteiger charge is 2.13. The van der Waals surface area contributed by atoms with E-state index in [9.17, 15) is 9.59 Å². The Balaban J connectivity index is 1.57. The Kier molecular flexibility index (Phi) is 5.82. The van der Waals surface area contributed by atoms with Crippen molar-refractivity contribution in [1.82, 2.24) is 15.5 Å². The number of urea groups is 1. The number of primary amides is 1. The maximum atomic E-state index is 12.1. The van der Waals surface area contributed by atoms with Crippen molar-refractivity contribution in [3.63, 3.8) is 0 Å². The van der Waals surface area contributed by atoms with Crippen LogP contribution in [0.25, 0.3) is 11.4 Å². The van der Waals surface area contributed by atoms with Crippen LogP contribution in [0.2, 0.25) is 0 Å². The summed E-state index contributed by atoms with van der Waals surface area (Å²) in [5, 5.41) is 6.35. The molecule has 2 aromatic carbocycles. The van der Waals surface area contributed by atoms with Gasteiger partial charge in [0.1, 0.15) is 0 Å². The second-order valence-electron chi connectivity index (χ2n) is 5.51. The normalized spacial score (nSPS) is 10.4. The van der Waals surface area contributed by atoms with Gasteiger partial charge in [0.2, 0.25) is 5.82 Å². The van der Waals surface area contributed by atoms with E-state index in [1.165, 1.54) is 0 Å². The molecule has 138 valence electrons. The van der Waals surface area contributed by atoms with Crippen LogP contribution in [0.5, 0.6) is 0 Å². The van der Waals surface area contributed by atoms with E-state index in [1.807, 2.05) is 24.3 Å². The molecule has 0 atom stereocenters. The highest BCUT2D eigenvalue weighted by Crippen LogP contribution is 2.20. The van der Waals surface area contributed by atoms with Gasteiger partial charge in [-0.15, -0.1) is 0 Å². The molecule has 0 spiro atoms. The molecule has 1 aromatic heterocycles. The van der Waals surface area contributed by atoms with Gasteiger partial charge in [-0.25, -0.2) is 9.59 Å². The van der Waals surface area contributed by atoms with Crippen molar-refractivity contribution in [1.29, 1.82) is 0 Å². The predicted octanol–water partition coefficient (Wildman–Crippen LogP) is 3.02. The van der Waals surface area contributed by atoms with E-state index in [2.05, 4.69) is 31.4 Å². The Morgan fingerprint density at radius 2 is 1.96 bits per heavy atom. The minimum Gasteiger partial charge on any atom is -0.452 e. The number of ether oxygens (including phenoxy) is 1. The van der Waals surface area contributed by atoms with E-state index in [0.29, 0.717) is 11.4 Å². The number of esters is 1. The lowest BCUT2D eigenvalue weighted by atomic mass is 10.1. The Labute approximate surface area is 162 Å². The third-order valence-corrected chi connectivity index (χ3v) is 4.03. The topological polar surface area (TPSA) is 120 Å². The standard InChI is InChI=1S/C18H15BrN4O4/c19-14-3-1-2-13(8-14)16-22-15(27-23-16)10-26-17(24)12-6-4-11(5-7-12)9-21-18(20)25/h1-8H,9-10H2,(H3,20,21,25). The van der Waals surface area contributed by atoms with Gasteiger partial charge in [-0.1, -0.05) is 45.4 Å². The van der Waals surface area contributed by atoms with E-state index in [-0.39, 0.29) is 19.0 Å². The predicted molar refractivity (Wildman–Crippen MR) is 99.4 cm³/mol. The van der Waals surface area contributed by atoms with Crippen LogP contribution in [0, 0.1) is 0 Å². The molecule has 0 aliphatic carbocycles. The maximum Gasteiger partial charge on any atom is 0.338 e. The van der Waals surface area contributed by atoms with Crippen LogP contribution in [0.15, 0.2) is 57.5 Å². The van der Waals surface area contributed by atoms with Crippen LogP contribution >= 0.6 is 15.9 Å². The molecule has 0 fully saturated rings. The van der Waals surface area contributed by atoms with Crippen LogP contribution in [0.4, 0.5) is 4.79 Å². The van der Waals surface area contributed by atoms with Crippen LogP contribution in [0.3, 0.4) is 0 Å². The van der Waals surface area contributed by atoms with Crippen LogP contribution in [0.1, 0.15) is 21.8 Å². The molecule has 8 nitrogen and oxygen atoms in total. The molecular weight excluding hydrogens is 416 g/mol. The number of halogens is 1. The minimum absolute atomic E-state index is 0.134. The fourth-order valence-corrected chi connectivity index (χ4v) is 2.62. The van der Waals surface area contributed by atoms with Gasteiger partial charge in [-0.2, -0.15) is 4.98 Å². The van der Waals surface area contributed by atoms with Crippen molar-refractivity contribution in [2.75, 3.05) is 0 Å². The maximum absolute atomic E-state index is 12.1. The molecule has 3 aromatic rings. The molecule has 2 amide bonds. The number of carbonyl (C=O) groups excluding carboxylic acids is 2. The number of nitrogens with two attached hydrogens (primary N) is 1. The Hall–Kier alpha value is -3.20. The highest BCUT2D eigenvalue weighted by atomic mass is 79.9. The molecular formula is C18H15BrN4O4. The van der Waals surface area contributed by atoms with E-state index in [0.717, 1.165) is 15.6 Å². The van der Waals surface area contributed by atoms with Gasteiger partial charge in [0, 0.05) is 16.6 Å². The fraction of sp³-hybridized carbons (Fsp3) is 0.111. The van der Waals surface area contributed by atoms with Crippen LogP contribution in [-0.2, 0) is 17.9 Å². The van der Waals surface area contributed by atoms with Gasteiger partial charge in [-0.3, -0.25) is 0 Å². The van der Waals surface area contributed by atoms with Crippen LogP contribution < -0.4 is 11.1 Å². The summed E-state index contributed by atoms with van der Waals surface area (Å²) in [6.45, 7) is 0.149. The first kappa shape index (κ1) is 18.6. The summed E-state index contributed by atoms with van der Waals surface area (Å²) >= 11 is 3.38. The Bertz CT molecular complexity index is 956. The second kappa shape index (κ2) is 8.45. The molecule has 9 heteroatoms. The number of amides is 2. The van der Waals surface area contributed by atoms with Gasteiger partial charge >= 0.3 is 12.0 Å². The first-order valence-electron chi connectivity index (χ1n) is 7.89. The van der Waals surface area contributed by atoms with Crippen LogP contribution in [-0.4, -0.2) is 22.1 Å². The zero-order valence-corrected chi connectivity index (χ0v) is 15.6. The van der Waals surface area contributed by atoms with Crippen molar-refractivity contribution in [2.45, 2.75) is 13.2 Å². The summed E-state index contributed by atoms with van der Waals surface area (Å²) in [5.74, 6) is 0.0841. The molecule has 0 aliphatic rings. The lowest BCUT2D eigenvalue weighted by Crippen LogP contribution is -2.28. The van der Waals surface area contributed by atoms with E-state index in [1.54, 1.807) is 24.3 Å². The SMILES string of the molecule is NC(=O)NCc1ccc(C(=O)OCc2nc(-c3cccc(Br)c3)no2)cc1. The molecule has 3 rings (SSSR count). The molecule has 27 heavy (non-hydrogen) atoms. The molecule has 3 N–H and O–H groups in total. The third kappa shape index (κ3) is 5.14. The van der Waals surface area contributed by atoms with Crippen molar-refractivity contribution >= 4 is 27.9 Å². The first-order valence-corrected chi connectivity index (χ1v) is 8.68. The molecule has 0 saturated heterocycles. The average molecular weight is 431 g/mol. The fourth-order valence-electron chi connectivity index (χ4n) is 2.22. The quantitative estimate of drug-likeness (QED) is 0.579. The average Bonchev–Trinajstić information content (AvgIpc) is 3.14. The van der Waals surface area contributed by atoms with Crippen molar-refractivity contribution < 1.29 is 18.8 Å². The van der Waals surface area contributed by atoms with Crippen molar-refractivity contribution in [3.8, 4) is 11.4 Å². The summed E-state index contributed by atoms with van der Waals surface area (Å²) in [6.07, 6.45) is 0. The van der Waals surface area contributed by atoms with Gasteiger partial charge in [-0.05, 0) is 29.8 Å². The summed E-state index contributed by atoms with van der Waals surface area (Å²) in [7, 11) is 0. The van der Waals surface area contributed by atoms with Gasteiger partial charge in [0.15, 0.2) is 6.61 Å². The third-order valence-electron chi connectivity index (χ3n) is 3.53. The zero-order chi connectivity index (χ0) is 19.2. The van der Waals surface area contributed by atoms with Crippen molar-refractivity contribution in [3.05, 3.63) is 70.0 Å². The molecule has 1 heterocycles. The van der Waals surface area contributed by atoms with E-state index in [4.69, 9.17) is 15.0 Å². The number of hydrogen-bond acceptors (Lipinski definition) is 6. The van der Waals surface area contributed by atoms with Gasteiger partial charge < -0.3 is 20.3 Å². The number of nitrogens with one attached hydrogen (secondary N) is 1. The molecule has 0 bridgehead atoms. The number of nitrogens with zero attached hydrogens (tertiary/aromatic N) is 2. The number of carbonyl (C=O) groups is 2. The lowest BCUT2D eigenvalue weighted by molar-refractivity contribution is 0.0430. The number of aromatic nitrogens is 2. The second-order valence-corrected chi connectivity index (χ2v) is 6.43. The van der Waals surface area contributed by atoms with Gasteiger partial charge in [0.25, 0.3) is 5.89 Å². The smallest absolute Gasteiger partial charge is 0.338 e. The zero-order valence-electron chi connectivity index (χ0n) is 14.0. The van der Waals surface area contributed by atoms with Gasteiger partial charge in [0.05, 0.1) is 5.56 Å². The lowest BCUT2D eigenvalue weighted by Gasteiger charge is -2.04. The number of benzene rings is 2. The van der Waals surface area contributed by atoms with E-state index < -0.39 is 12.0 Å². The van der Waals surface area contributed by atoms with E-state index >= 15 is 0 Å². The monoisotopic (exact) mass is 430 g/mol. The number of rotatable bonds is 6. The minimum atomic E-state index is -0.611. The molecule has 0 radical (unpaired) electrons. The molecule has 0 unspecified atom stereocenters. The Morgan fingerprint density at radius 1 is 1.19 bits per heavy atom. The largest absolute Gasteiger partial charge is 0.452 e. The summed E-state index contributed by atoms with van der Waals surface area (Å²) in [6, 6.07) is 13.4.